The number of likely N-dealkylation sites (N-methyl/N-ethyl adjacent to an activating group) is 1. The van der Waals surface area contributed by atoms with Crippen molar-refractivity contribution < 1.29 is 4.52 Å². The third-order valence-electron chi connectivity index (χ3n) is 4.38. The highest BCUT2D eigenvalue weighted by molar-refractivity contribution is 7.08. The number of piperazine rings is 1. The molecular weight excluding hydrogens is 358 g/mol. The van der Waals surface area contributed by atoms with E-state index in [2.05, 4.69) is 49.2 Å². The van der Waals surface area contributed by atoms with Gasteiger partial charge in [-0.05, 0) is 37.6 Å². The molecule has 0 spiro atoms. The van der Waals surface area contributed by atoms with Gasteiger partial charge in [0.2, 0.25) is 0 Å². The molecule has 0 aliphatic carbocycles. The number of thiophene rings is 1. The molecule has 132 valence electrons. The number of hydrogen-bond donors (Lipinski definition) is 1. The van der Waals surface area contributed by atoms with Crippen molar-refractivity contribution in [3.63, 3.8) is 0 Å². The zero-order valence-corrected chi connectivity index (χ0v) is 15.7. The summed E-state index contributed by atoms with van der Waals surface area (Å²) in [6, 6.07) is 6.23. The number of nitrogens with zero attached hydrogens (tertiary/aromatic N) is 4. The van der Waals surface area contributed by atoms with E-state index in [0.29, 0.717) is 5.89 Å². The number of pyridine rings is 1. The van der Waals surface area contributed by atoms with Crippen molar-refractivity contribution in [2.45, 2.75) is 13.0 Å². The van der Waals surface area contributed by atoms with E-state index in [0.717, 1.165) is 48.0 Å². The van der Waals surface area contributed by atoms with Crippen LogP contribution < -0.4 is 5.32 Å². The standard InChI is InChI=1S/C17H19N5OS.ClH/c1-11-13(3-4-14(19-11)12-5-8-24-10-12)17-20-16(21-23-17)15-9-18-6-7-22(15)2;/h3-5,8,10,15,18H,6-7,9H2,1-2H3;1H. The van der Waals surface area contributed by atoms with E-state index in [9.17, 15) is 0 Å². The molecule has 0 amide bonds. The van der Waals surface area contributed by atoms with Gasteiger partial charge in [-0.1, -0.05) is 5.16 Å². The van der Waals surface area contributed by atoms with Gasteiger partial charge in [0.15, 0.2) is 5.82 Å². The second-order valence-corrected chi connectivity index (χ2v) is 6.78. The lowest BCUT2D eigenvalue weighted by Crippen LogP contribution is -2.44. The van der Waals surface area contributed by atoms with E-state index in [1.54, 1.807) is 11.3 Å². The maximum absolute atomic E-state index is 5.51. The zero-order valence-electron chi connectivity index (χ0n) is 14.1. The van der Waals surface area contributed by atoms with Gasteiger partial charge in [-0.2, -0.15) is 16.3 Å². The van der Waals surface area contributed by atoms with Crippen LogP contribution in [0.25, 0.3) is 22.7 Å². The highest BCUT2D eigenvalue weighted by Crippen LogP contribution is 2.27. The van der Waals surface area contributed by atoms with Crippen LogP contribution in [0.4, 0.5) is 0 Å². The number of halogens is 1. The molecule has 1 saturated heterocycles. The molecule has 4 heterocycles. The van der Waals surface area contributed by atoms with Crippen molar-refractivity contribution in [1.82, 2.24) is 25.3 Å². The third kappa shape index (κ3) is 3.59. The van der Waals surface area contributed by atoms with Crippen molar-refractivity contribution in [2.75, 3.05) is 26.7 Å². The molecule has 0 radical (unpaired) electrons. The molecule has 25 heavy (non-hydrogen) atoms. The Labute approximate surface area is 156 Å². The van der Waals surface area contributed by atoms with Gasteiger partial charge >= 0.3 is 0 Å². The lowest BCUT2D eigenvalue weighted by Gasteiger charge is -2.30. The van der Waals surface area contributed by atoms with Crippen molar-refractivity contribution in [1.29, 1.82) is 0 Å². The Morgan fingerprint density at radius 1 is 1.28 bits per heavy atom. The third-order valence-corrected chi connectivity index (χ3v) is 5.07. The Balaban J connectivity index is 0.00000182. The fourth-order valence-corrected chi connectivity index (χ4v) is 3.58. The number of rotatable bonds is 3. The van der Waals surface area contributed by atoms with E-state index in [1.165, 1.54) is 0 Å². The summed E-state index contributed by atoms with van der Waals surface area (Å²) < 4.78 is 5.51. The van der Waals surface area contributed by atoms with Crippen molar-refractivity contribution >= 4 is 23.7 Å². The summed E-state index contributed by atoms with van der Waals surface area (Å²) in [6.45, 7) is 4.78. The summed E-state index contributed by atoms with van der Waals surface area (Å²) >= 11 is 1.67. The summed E-state index contributed by atoms with van der Waals surface area (Å²) in [5, 5.41) is 11.7. The summed E-state index contributed by atoms with van der Waals surface area (Å²) in [6.07, 6.45) is 0. The fourth-order valence-electron chi connectivity index (χ4n) is 2.93. The Morgan fingerprint density at radius 2 is 2.16 bits per heavy atom. The highest BCUT2D eigenvalue weighted by atomic mass is 35.5. The molecule has 0 saturated carbocycles. The number of hydrogen-bond acceptors (Lipinski definition) is 7. The smallest absolute Gasteiger partial charge is 0.259 e. The Morgan fingerprint density at radius 3 is 2.88 bits per heavy atom. The van der Waals surface area contributed by atoms with Crippen LogP contribution in [0, 0.1) is 6.92 Å². The first kappa shape index (κ1) is 18.0. The van der Waals surface area contributed by atoms with Gasteiger partial charge < -0.3 is 9.84 Å². The minimum atomic E-state index is 0. The fraction of sp³-hybridized carbons (Fsp3) is 0.353. The largest absolute Gasteiger partial charge is 0.334 e. The van der Waals surface area contributed by atoms with Gasteiger partial charge in [0, 0.05) is 30.6 Å². The predicted molar refractivity (Wildman–Crippen MR) is 101 cm³/mol. The summed E-state index contributed by atoms with van der Waals surface area (Å²) in [7, 11) is 2.09. The van der Waals surface area contributed by atoms with E-state index in [1.807, 2.05) is 19.1 Å². The van der Waals surface area contributed by atoms with Crippen molar-refractivity contribution in [3.05, 3.63) is 40.5 Å². The van der Waals surface area contributed by atoms with Crippen LogP contribution in [0.5, 0.6) is 0 Å². The van der Waals surface area contributed by atoms with Crippen LogP contribution in [0.15, 0.2) is 33.5 Å². The molecule has 1 aliphatic heterocycles. The van der Waals surface area contributed by atoms with Gasteiger partial charge in [-0.3, -0.25) is 9.88 Å². The molecule has 1 atom stereocenters. The highest BCUT2D eigenvalue weighted by Gasteiger charge is 2.26. The minimum absolute atomic E-state index is 0. The first-order valence-electron chi connectivity index (χ1n) is 7.97. The lowest BCUT2D eigenvalue weighted by atomic mass is 10.1. The average molecular weight is 378 g/mol. The first-order chi connectivity index (χ1) is 11.7. The van der Waals surface area contributed by atoms with Crippen molar-refractivity contribution in [2.24, 2.45) is 0 Å². The second kappa shape index (κ2) is 7.61. The maximum atomic E-state index is 5.51. The average Bonchev–Trinajstić information content (AvgIpc) is 3.27. The number of aryl methyl sites for hydroxylation is 1. The molecule has 3 aromatic rings. The van der Waals surface area contributed by atoms with E-state index in [-0.39, 0.29) is 18.4 Å². The predicted octanol–water partition coefficient (Wildman–Crippen LogP) is 3.17. The van der Waals surface area contributed by atoms with E-state index < -0.39 is 0 Å². The van der Waals surface area contributed by atoms with Gasteiger partial charge in [-0.15, -0.1) is 12.4 Å². The van der Waals surface area contributed by atoms with Gasteiger partial charge in [-0.25, -0.2) is 0 Å². The Bertz CT molecular complexity index is 835. The molecular formula is C17H20ClN5OS. The van der Waals surface area contributed by atoms with Gasteiger partial charge in [0.05, 0.1) is 23.0 Å². The topological polar surface area (TPSA) is 67.1 Å². The summed E-state index contributed by atoms with van der Waals surface area (Å²) in [4.78, 5) is 11.5. The van der Waals surface area contributed by atoms with Crippen LogP contribution in [-0.2, 0) is 0 Å². The molecule has 4 rings (SSSR count). The summed E-state index contributed by atoms with van der Waals surface area (Å²) in [5.41, 5.74) is 3.88. The van der Waals surface area contributed by atoms with E-state index >= 15 is 0 Å². The van der Waals surface area contributed by atoms with E-state index in [4.69, 9.17) is 4.52 Å². The minimum Gasteiger partial charge on any atom is -0.334 e. The van der Waals surface area contributed by atoms with Crippen LogP contribution >= 0.6 is 23.7 Å². The molecule has 1 N–H and O–H groups in total. The van der Waals surface area contributed by atoms with Crippen molar-refractivity contribution in [3.8, 4) is 22.7 Å². The lowest BCUT2D eigenvalue weighted by molar-refractivity contribution is 0.190. The SMILES string of the molecule is Cc1nc(-c2ccsc2)ccc1-c1nc(C2CNCCN2C)no1.Cl. The van der Waals surface area contributed by atoms with Crippen LogP contribution in [0.1, 0.15) is 17.6 Å². The normalized spacial score (nSPS) is 18.1. The molecule has 3 aromatic heterocycles. The number of aromatic nitrogens is 3. The molecule has 1 unspecified atom stereocenters. The summed E-state index contributed by atoms with van der Waals surface area (Å²) in [5.74, 6) is 1.26. The first-order valence-corrected chi connectivity index (χ1v) is 8.92. The quantitative estimate of drug-likeness (QED) is 0.756. The molecule has 0 aromatic carbocycles. The molecule has 0 bridgehead atoms. The Hall–Kier alpha value is -1.80. The molecule has 6 nitrogen and oxygen atoms in total. The second-order valence-electron chi connectivity index (χ2n) is 6.00. The molecule has 8 heteroatoms. The molecule has 1 fully saturated rings. The van der Waals surface area contributed by atoms with Gasteiger partial charge in [0.1, 0.15) is 0 Å². The van der Waals surface area contributed by atoms with Crippen LogP contribution in [-0.4, -0.2) is 46.7 Å². The Kier molecular flexibility index (Phi) is 5.48. The monoisotopic (exact) mass is 377 g/mol. The zero-order chi connectivity index (χ0) is 16.5. The van der Waals surface area contributed by atoms with Gasteiger partial charge in [0.25, 0.3) is 5.89 Å². The van der Waals surface area contributed by atoms with Crippen LogP contribution in [0.3, 0.4) is 0 Å². The van der Waals surface area contributed by atoms with Crippen LogP contribution in [0.2, 0.25) is 0 Å². The maximum Gasteiger partial charge on any atom is 0.259 e. The molecule has 1 aliphatic rings. The number of nitrogens with one attached hydrogen (secondary N) is 1.